The van der Waals surface area contributed by atoms with E-state index >= 15 is 0 Å². The van der Waals surface area contributed by atoms with Crippen molar-refractivity contribution in [3.63, 3.8) is 0 Å². The van der Waals surface area contributed by atoms with Crippen LogP contribution in [0.3, 0.4) is 0 Å². The summed E-state index contributed by atoms with van der Waals surface area (Å²) in [7, 11) is 0. The molecule has 6 nitrogen and oxygen atoms in total. The monoisotopic (exact) mass is 416 g/mol. The minimum absolute atomic E-state index is 0.00979. The van der Waals surface area contributed by atoms with Gasteiger partial charge in [0.1, 0.15) is 5.75 Å². The third-order valence-electron chi connectivity index (χ3n) is 5.64. The van der Waals surface area contributed by atoms with Gasteiger partial charge < -0.3 is 10.1 Å². The zero-order valence-corrected chi connectivity index (χ0v) is 18.4. The van der Waals surface area contributed by atoms with Gasteiger partial charge in [0.05, 0.1) is 11.7 Å². The van der Waals surface area contributed by atoms with Crippen LogP contribution in [0.2, 0.25) is 0 Å². The highest BCUT2D eigenvalue weighted by Gasteiger charge is 2.35. The van der Waals surface area contributed by atoms with Crippen LogP contribution in [0.25, 0.3) is 11.4 Å². The van der Waals surface area contributed by atoms with E-state index < -0.39 is 6.10 Å². The average molecular weight is 417 g/mol. The number of pyridine rings is 1. The number of rotatable bonds is 5. The number of benzene rings is 1. The van der Waals surface area contributed by atoms with Crippen LogP contribution in [0.5, 0.6) is 5.75 Å². The third kappa shape index (κ3) is 4.90. The molecule has 160 valence electrons. The van der Waals surface area contributed by atoms with Gasteiger partial charge >= 0.3 is 0 Å². The Hall–Kier alpha value is -3.28. The minimum Gasteiger partial charge on any atom is -0.481 e. The number of amides is 1. The van der Waals surface area contributed by atoms with E-state index in [4.69, 9.17) is 9.72 Å². The van der Waals surface area contributed by atoms with Gasteiger partial charge in [0.2, 0.25) is 0 Å². The minimum atomic E-state index is -0.604. The molecule has 0 bridgehead atoms. The van der Waals surface area contributed by atoms with Gasteiger partial charge in [-0.1, -0.05) is 31.5 Å². The lowest BCUT2D eigenvalue weighted by atomic mass is 9.74. The van der Waals surface area contributed by atoms with Crippen LogP contribution >= 0.6 is 0 Å². The van der Waals surface area contributed by atoms with Gasteiger partial charge in [-0.05, 0) is 56.4 Å². The second-order valence-electron chi connectivity index (χ2n) is 9.01. The summed E-state index contributed by atoms with van der Waals surface area (Å²) < 4.78 is 5.84. The Kier molecular flexibility index (Phi) is 5.72. The third-order valence-corrected chi connectivity index (χ3v) is 5.64. The summed E-state index contributed by atoms with van der Waals surface area (Å²) in [6.07, 6.45) is 6.38. The first-order chi connectivity index (χ1) is 14.8. The first-order valence-corrected chi connectivity index (χ1v) is 10.6. The Labute approximate surface area is 183 Å². The van der Waals surface area contributed by atoms with Crippen molar-refractivity contribution in [2.45, 2.75) is 52.7 Å². The Morgan fingerprint density at radius 1 is 1.16 bits per heavy atom. The van der Waals surface area contributed by atoms with Crippen LogP contribution in [-0.2, 0) is 11.2 Å². The molecule has 4 rings (SSSR count). The standard InChI is InChI=1S/C25H28N4O2/c1-16-5-7-19(8-6-16)31-17(2)24(30)29-22-14-25(3,4)13-21-20(22)15-27-23(28-21)18-9-11-26-12-10-18/h5-12,15,17,22H,13-14H2,1-4H3,(H,29,30)/t17-,22+/m0/s1. The van der Waals surface area contributed by atoms with Gasteiger partial charge in [-0.15, -0.1) is 0 Å². The topological polar surface area (TPSA) is 77.0 Å². The predicted octanol–water partition coefficient (Wildman–Crippen LogP) is 4.44. The van der Waals surface area contributed by atoms with Gasteiger partial charge in [0.25, 0.3) is 5.91 Å². The van der Waals surface area contributed by atoms with Gasteiger partial charge in [0.15, 0.2) is 11.9 Å². The van der Waals surface area contributed by atoms with Crippen molar-refractivity contribution < 1.29 is 9.53 Å². The van der Waals surface area contributed by atoms with E-state index in [1.54, 1.807) is 19.3 Å². The highest BCUT2D eigenvalue weighted by atomic mass is 16.5. The zero-order chi connectivity index (χ0) is 22.0. The lowest BCUT2D eigenvalue weighted by molar-refractivity contribution is -0.128. The highest BCUT2D eigenvalue weighted by molar-refractivity contribution is 5.81. The van der Waals surface area contributed by atoms with Crippen molar-refractivity contribution in [1.29, 1.82) is 0 Å². The molecule has 0 spiro atoms. The number of hydrogen-bond acceptors (Lipinski definition) is 5. The molecule has 0 unspecified atom stereocenters. The molecule has 0 saturated heterocycles. The van der Waals surface area contributed by atoms with Gasteiger partial charge in [0, 0.05) is 29.7 Å². The molecule has 1 amide bonds. The van der Waals surface area contributed by atoms with Gasteiger partial charge in [-0.25, -0.2) is 9.97 Å². The normalized spacial score (nSPS) is 18.0. The van der Waals surface area contributed by atoms with Crippen molar-refractivity contribution >= 4 is 5.91 Å². The van der Waals surface area contributed by atoms with Crippen LogP contribution < -0.4 is 10.1 Å². The fraction of sp³-hybridized carbons (Fsp3) is 0.360. The number of aryl methyl sites for hydroxylation is 1. The van der Waals surface area contributed by atoms with Crippen LogP contribution in [0, 0.1) is 12.3 Å². The van der Waals surface area contributed by atoms with E-state index in [1.165, 1.54) is 0 Å². The quantitative estimate of drug-likeness (QED) is 0.665. The molecule has 0 saturated carbocycles. The van der Waals surface area contributed by atoms with Crippen LogP contribution in [0.4, 0.5) is 0 Å². The summed E-state index contributed by atoms with van der Waals surface area (Å²) in [5, 5.41) is 3.17. The molecule has 2 heterocycles. The lowest BCUT2D eigenvalue weighted by Crippen LogP contribution is -2.42. The summed E-state index contributed by atoms with van der Waals surface area (Å²) in [6, 6.07) is 11.4. The Morgan fingerprint density at radius 3 is 2.58 bits per heavy atom. The first-order valence-electron chi connectivity index (χ1n) is 10.6. The number of nitrogens with zero attached hydrogens (tertiary/aromatic N) is 3. The number of nitrogens with one attached hydrogen (secondary N) is 1. The largest absolute Gasteiger partial charge is 0.481 e. The van der Waals surface area contributed by atoms with Crippen molar-refractivity contribution in [2.75, 3.05) is 0 Å². The summed E-state index contributed by atoms with van der Waals surface area (Å²) in [4.78, 5) is 26.4. The maximum atomic E-state index is 12.9. The predicted molar refractivity (Wildman–Crippen MR) is 120 cm³/mol. The van der Waals surface area contributed by atoms with Gasteiger partial charge in [-0.2, -0.15) is 0 Å². The zero-order valence-electron chi connectivity index (χ0n) is 18.4. The smallest absolute Gasteiger partial charge is 0.261 e. The SMILES string of the molecule is Cc1ccc(O[C@@H](C)C(=O)N[C@@H]2CC(C)(C)Cc3nc(-c4ccncc4)ncc32)cc1. The second-order valence-corrected chi connectivity index (χ2v) is 9.01. The fourth-order valence-corrected chi connectivity index (χ4v) is 3.98. The average Bonchev–Trinajstić information content (AvgIpc) is 2.74. The van der Waals surface area contributed by atoms with Crippen molar-refractivity contribution in [3.8, 4) is 17.1 Å². The van der Waals surface area contributed by atoms with Crippen LogP contribution in [0.15, 0.2) is 55.0 Å². The van der Waals surface area contributed by atoms with E-state index in [0.29, 0.717) is 11.6 Å². The van der Waals surface area contributed by atoms with Crippen molar-refractivity contribution in [2.24, 2.45) is 5.41 Å². The molecule has 1 aromatic carbocycles. The summed E-state index contributed by atoms with van der Waals surface area (Å²) in [5.41, 5.74) is 4.05. The number of aromatic nitrogens is 3. The summed E-state index contributed by atoms with van der Waals surface area (Å²) in [6.45, 7) is 8.20. The molecule has 1 aliphatic rings. The van der Waals surface area contributed by atoms with Gasteiger partial charge in [-0.3, -0.25) is 9.78 Å². The maximum Gasteiger partial charge on any atom is 0.261 e. The fourth-order valence-electron chi connectivity index (χ4n) is 3.98. The molecular formula is C25H28N4O2. The summed E-state index contributed by atoms with van der Waals surface area (Å²) in [5.74, 6) is 1.22. The van der Waals surface area contributed by atoms with E-state index in [1.807, 2.05) is 49.5 Å². The Morgan fingerprint density at radius 2 is 1.87 bits per heavy atom. The molecule has 1 aliphatic carbocycles. The maximum absolute atomic E-state index is 12.9. The number of ether oxygens (including phenoxy) is 1. The van der Waals surface area contributed by atoms with E-state index in [0.717, 1.165) is 35.2 Å². The molecule has 0 radical (unpaired) electrons. The molecule has 1 N–H and O–H groups in total. The number of fused-ring (bicyclic) bond motifs is 1. The van der Waals surface area contributed by atoms with E-state index in [2.05, 4.69) is 29.1 Å². The molecule has 2 aromatic heterocycles. The first kappa shape index (κ1) is 21.0. The summed E-state index contributed by atoms with van der Waals surface area (Å²) >= 11 is 0. The number of carbonyl (C=O) groups is 1. The molecular weight excluding hydrogens is 388 g/mol. The molecule has 2 atom stereocenters. The molecule has 31 heavy (non-hydrogen) atoms. The lowest BCUT2D eigenvalue weighted by Gasteiger charge is -2.37. The second kappa shape index (κ2) is 8.46. The van der Waals surface area contributed by atoms with Crippen LogP contribution in [-0.4, -0.2) is 27.0 Å². The molecule has 0 fully saturated rings. The number of carbonyl (C=O) groups excluding carboxylic acids is 1. The molecule has 0 aliphatic heterocycles. The highest BCUT2D eigenvalue weighted by Crippen LogP contribution is 2.40. The van der Waals surface area contributed by atoms with Crippen LogP contribution in [0.1, 0.15) is 50.1 Å². The van der Waals surface area contributed by atoms with E-state index in [9.17, 15) is 4.79 Å². The van der Waals surface area contributed by atoms with E-state index in [-0.39, 0.29) is 17.4 Å². The van der Waals surface area contributed by atoms with Crippen molar-refractivity contribution in [3.05, 3.63) is 71.8 Å². The Bertz CT molecular complexity index is 1060. The molecule has 6 heteroatoms. The number of hydrogen-bond donors (Lipinski definition) is 1. The molecule has 3 aromatic rings. The van der Waals surface area contributed by atoms with Crippen molar-refractivity contribution in [1.82, 2.24) is 20.3 Å². The Balaban J connectivity index is 1.53.